The van der Waals surface area contributed by atoms with Crippen LogP contribution >= 0.6 is 11.8 Å². The highest BCUT2D eigenvalue weighted by atomic mass is 32.2. The van der Waals surface area contributed by atoms with Crippen LogP contribution in [-0.4, -0.2) is 18.0 Å². The third-order valence-corrected chi connectivity index (χ3v) is 5.95. The molecule has 4 nitrogen and oxygen atoms in total. The Morgan fingerprint density at radius 2 is 1.82 bits per heavy atom. The number of para-hydroxylation sites is 1. The summed E-state index contributed by atoms with van der Waals surface area (Å²) in [6, 6.07) is 18.8. The lowest BCUT2D eigenvalue weighted by atomic mass is 10.0. The Kier molecular flexibility index (Phi) is 6.82. The maximum Gasteiger partial charge on any atom is 0.343 e. The Balaban J connectivity index is 1.62. The van der Waals surface area contributed by atoms with Gasteiger partial charge in [-0.1, -0.05) is 49.4 Å². The van der Waals surface area contributed by atoms with E-state index in [2.05, 4.69) is 6.92 Å². The Labute approximate surface area is 169 Å². The van der Waals surface area contributed by atoms with E-state index in [0.29, 0.717) is 23.7 Å². The fourth-order valence-electron chi connectivity index (χ4n) is 2.93. The van der Waals surface area contributed by atoms with Crippen molar-refractivity contribution in [1.29, 1.82) is 0 Å². The van der Waals surface area contributed by atoms with Crippen LogP contribution in [0.15, 0.2) is 74.8 Å². The molecule has 0 aliphatic heterocycles. The van der Waals surface area contributed by atoms with Crippen molar-refractivity contribution in [3.05, 3.63) is 76.6 Å². The van der Waals surface area contributed by atoms with E-state index in [9.17, 15) is 9.90 Å². The molecule has 0 aliphatic carbocycles. The molecule has 5 heteroatoms. The molecule has 0 aliphatic rings. The predicted molar refractivity (Wildman–Crippen MR) is 113 cm³/mol. The first kappa shape index (κ1) is 20.1. The van der Waals surface area contributed by atoms with Crippen LogP contribution in [0.5, 0.6) is 11.5 Å². The van der Waals surface area contributed by atoms with E-state index in [1.807, 2.05) is 54.6 Å². The minimum atomic E-state index is -0.469. The molecule has 0 saturated heterocycles. The zero-order valence-corrected chi connectivity index (χ0v) is 16.9. The van der Waals surface area contributed by atoms with Gasteiger partial charge >= 0.3 is 5.63 Å². The molecule has 1 aromatic heterocycles. The van der Waals surface area contributed by atoms with Gasteiger partial charge in [0.2, 0.25) is 0 Å². The van der Waals surface area contributed by atoms with Gasteiger partial charge in [-0.3, -0.25) is 0 Å². The van der Waals surface area contributed by atoms with Crippen molar-refractivity contribution in [3.8, 4) is 22.8 Å². The standard InChI is InChI=1S/C23H24O4S/c1-16(15-28-22-11-7-6-10-20(22)26-2)12-13-18-19(24)14-21(27-23(18)25)17-8-4-3-5-9-17/h3-11,14,16,24H,12-13,15H2,1-2H3. The molecule has 1 N–H and O–H groups in total. The van der Waals surface area contributed by atoms with Gasteiger partial charge in [0.1, 0.15) is 17.3 Å². The smallest absolute Gasteiger partial charge is 0.343 e. The minimum absolute atomic E-state index is 0.000292. The Morgan fingerprint density at radius 3 is 2.54 bits per heavy atom. The summed E-state index contributed by atoms with van der Waals surface area (Å²) in [5.41, 5.74) is 0.639. The highest BCUT2D eigenvalue weighted by molar-refractivity contribution is 7.99. The summed E-state index contributed by atoms with van der Waals surface area (Å²) >= 11 is 1.73. The Morgan fingerprint density at radius 1 is 1.11 bits per heavy atom. The second kappa shape index (κ2) is 9.51. The SMILES string of the molecule is COc1ccccc1SCC(C)CCc1c(O)cc(-c2ccccc2)oc1=O. The molecule has 0 saturated carbocycles. The average molecular weight is 397 g/mol. The second-order valence-corrected chi connectivity index (χ2v) is 7.80. The maximum atomic E-state index is 12.4. The van der Waals surface area contributed by atoms with Crippen molar-refractivity contribution in [1.82, 2.24) is 0 Å². The quantitative estimate of drug-likeness (QED) is 0.518. The molecule has 0 fully saturated rings. The van der Waals surface area contributed by atoms with E-state index >= 15 is 0 Å². The summed E-state index contributed by atoms with van der Waals surface area (Å²) in [5.74, 6) is 2.51. The Bertz CT molecular complexity index is 966. The lowest BCUT2D eigenvalue weighted by Crippen LogP contribution is -2.10. The van der Waals surface area contributed by atoms with Crippen LogP contribution in [0, 0.1) is 5.92 Å². The van der Waals surface area contributed by atoms with Crippen molar-refractivity contribution in [2.45, 2.75) is 24.7 Å². The molecular weight excluding hydrogens is 372 g/mol. The van der Waals surface area contributed by atoms with Crippen LogP contribution in [-0.2, 0) is 6.42 Å². The average Bonchev–Trinajstić information content (AvgIpc) is 2.72. The van der Waals surface area contributed by atoms with Gasteiger partial charge in [0.15, 0.2) is 0 Å². The first-order chi connectivity index (χ1) is 13.6. The molecule has 0 amide bonds. The predicted octanol–water partition coefficient (Wildman–Crippen LogP) is 5.38. The number of methoxy groups -OCH3 is 1. The largest absolute Gasteiger partial charge is 0.507 e. The third kappa shape index (κ3) is 4.98. The van der Waals surface area contributed by atoms with Crippen LogP contribution in [0.4, 0.5) is 0 Å². The molecule has 146 valence electrons. The number of rotatable bonds is 8. The number of benzene rings is 2. The summed E-state index contributed by atoms with van der Waals surface area (Å²) in [5, 5.41) is 10.3. The van der Waals surface area contributed by atoms with Crippen LogP contribution in [0.25, 0.3) is 11.3 Å². The maximum absolute atomic E-state index is 12.4. The zero-order valence-electron chi connectivity index (χ0n) is 16.1. The molecule has 3 rings (SSSR count). The Hall–Kier alpha value is -2.66. The molecule has 28 heavy (non-hydrogen) atoms. The van der Waals surface area contributed by atoms with E-state index in [1.54, 1.807) is 18.9 Å². The number of hydrogen-bond acceptors (Lipinski definition) is 5. The topological polar surface area (TPSA) is 59.7 Å². The van der Waals surface area contributed by atoms with Crippen LogP contribution in [0.1, 0.15) is 18.9 Å². The van der Waals surface area contributed by atoms with Gasteiger partial charge in [0, 0.05) is 22.3 Å². The van der Waals surface area contributed by atoms with E-state index < -0.39 is 5.63 Å². The lowest BCUT2D eigenvalue weighted by molar-refractivity contribution is 0.404. The molecule has 0 radical (unpaired) electrons. The van der Waals surface area contributed by atoms with E-state index in [4.69, 9.17) is 9.15 Å². The minimum Gasteiger partial charge on any atom is -0.507 e. The molecule has 1 unspecified atom stereocenters. The van der Waals surface area contributed by atoms with Crippen molar-refractivity contribution >= 4 is 11.8 Å². The lowest BCUT2D eigenvalue weighted by Gasteiger charge is -2.13. The van der Waals surface area contributed by atoms with E-state index in [-0.39, 0.29) is 5.75 Å². The fourth-order valence-corrected chi connectivity index (χ4v) is 4.02. The van der Waals surface area contributed by atoms with E-state index in [1.165, 1.54) is 6.07 Å². The summed E-state index contributed by atoms with van der Waals surface area (Å²) in [7, 11) is 1.67. The summed E-state index contributed by atoms with van der Waals surface area (Å²) < 4.78 is 10.8. The molecule has 2 aromatic carbocycles. The summed E-state index contributed by atoms with van der Waals surface area (Å²) in [6.45, 7) is 2.14. The summed E-state index contributed by atoms with van der Waals surface area (Å²) in [6.07, 6.45) is 1.27. The van der Waals surface area contributed by atoms with Crippen LogP contribution < -0.4 is 10.4 Å². The molecule has 3 aromatic rings. The van der Waals surface area contributed by atoms with Gasteiger partial charge in [0.25, 0.3) is 0 Å². The first-order valence-electron chi connectivity index (χ1n) is 9.25. The second-order valence-electron chi connectivity index (χ2n) is 6.73. The molecule has 0 bridgehead atoms. The zero-order chi connectivity index (χ0) is 19.9. The number of ether oxygens (including phenoxy) is 1. The molecular formula is C23H24O4S. The van der Waals surface area contributed by atoms with Gasteiger partial charge in [-0.15, -0.1) is 11.8 Å². The third-order valence-electron chi connectivity index (χ3n) is 4.56. The molecule has 1 heterocycles. The van der Waals surface area contributed by atoms with Crippen molar-refractivity contribution < 1.29 is 14.3 Å². The van der Waals surface area contributed by atoms with Crippen LogP contribution in [0.3, 0.4) is 0 Å². The normalized spacial score (nSPS) is 11.9. The summed E-state index contributed by atoms with van der Waals surface area (Å²) in [4.78, 5) is 13.5. The van der Waals surface area contributed by atoms with Crippen molar-refractivity contribution in [2.75, 3.05) is 12.9 Å². The number of hydrogen-bond donors (Lipinski definition) is 1. The van der Waals surface area contributed by atoms with Crippen molar-refractivity contribution in [3.63, 3.8) is 0 Å². The highest BCUT2D eigenvalue weighted by Crippen LogP contribution is 2.31. The van der Waals surface area contributed by atoms with Gasteiger partial charge in [-0.05, 0) is 30.9 Å². The number of thioether (sulfide) groups is 1. The van der Waals surface area contributed by atoms with E-state index in [0.717, 1.165) is 28.4 Å². The monoisotopic (exact) mass is 396 g/mol. The number of aromatic hydroxyl groups is 1. The van der Waals surface area contributed by atoms with Crippen molar-refractivity contribution in [2.24, 2.45) is 5.92 Å². The van der Waals surface area contributed by atoms with Gasteiger partial charge in [-0.2, -0.15) is 0 Å². The molecule has 0 spiro atoms. The van der Waals surface area contributed by atoms with Gasteiger partial charge in [-0.25, -0.2) is 4.79 Å². The first-order valence-corrected chi connectivity index (χ1v) is 10.2. The van der Waals surface area contributed by atoms with Gasteiger partial charge < -0.3 is 14.3 Å². The van der Waals surface area contributed by atoms with Crippen LogP contribution in [0.2, 0.25) is 0 Å². The molecule has 1 atom stereocenters. The fraction of sp³-hybridized carbons (Fsp3) is 0.261. The highest BCUT2D eigenvalue weighted by Gasteiger charge is 2.14. The van der Waals surface area contributed by atoms with Gasteiger partial charge in [0.05, 0.1) is 12.7 Å².